The lowest BCUT2D eigenvalue weighted by Crippen LogP contribution is -2.17. The quantitative estimate of drug-likeness (QED) is 0.912. The Bertz CT molecular complexity index is 490. The molecule has 1 saturated heterocycles. The van der Waals surface area contributed by atoms with Gasteiger partial charge < -0.3 is 10.2 Å². The molecule has 0 bridgehead atoms. The summed E-state index contributed by atoms with van der Waals surface area (Å²) < 4.78 is 0. The molecule has 2 aromatic rings. The third kappa shape index (κ3) is 2.64. The van der Waals surface area contributed by atoms with E-state index in [1.807, 2.05) is 11.7 Å². The SMILES string of the molecule is c1cc(NCc2cncs2)cc(N2CCCC2)c1. The molecule has 0 atom stereocenters. The Labute approximate surface area is 111 Å². The first kappa shape index (κ1) is 11.5. The minimum atomic E-state index is 0.855. The molecule has 1 aromatic carbocycles. The van der Waals surface area contributed by atoms with E-state index in [2.05, 4.69) is 39.5 Å². The molecule has 1 aromatic heterocycles. The summed E-state index contributed by atoms with van der Waals surface area (Å²) in [7, 11) is 0. The Morgan fingerprint density at radius 1 is 1.28 bits per heavy atom. The van der Waals surface area contributed by atoms with Gasteiger partial charge in [0.05, 0.1) is 12.1 Å². The molecule has 0 aliphatic carbocycles. The standard InChI is InChI=1S/C14H17N3S/c1-2-7-17(6-1)13-5-3-4-12(8-13)16-10-14-9-15-11-18-14/h3-5,8-9,11,16H,1-2,6-7,10H2. The lowest BCUT2D eigenvalue weighted by Gasteiger charge is -2.18. The molecule has 1 aliphatic rings. The molecule has 0 saturated carbocycles. The number of rotatable bonds is 4. The van der Waals surface area contributed by atoms with Crippen LogP contribution in [0.4, 0.5) is 11.4 Å². The van der Waals surface area contributed by atoms with Crippen molar-refractivity contribution in [3.63, 3.8) is 0 Å². The Morgan fingerprint density at radius 3 is 2.94 bits per heavy atom. The number of hydrogen-bond donors (Lipinski definition) is 1. The molecule has 94 valence electrons. The summed E-state index contributed by atoms with van der Waals surface area (Å²) in [4.78, 5) is 7.81. The van der Waals surface area contributed by atoms with E-state index in [4.69, 9.17) is 0 Å². The summed E-state index contributed by atoms with van der Waals surface area (Å²) in [6, 6.07) is 8.69. The number of benzene rings is 1. The highest BCUT2D eigenvalue weighted by atomic mass is 32.1. The summed E-state index contributed by atoms with van der Waals surface area (Å²) in [5.41, 5.74) is 4.40. The third-order valence-corrected chi connectivity index (χ3v) is 4.05. The predicted octanol–water partition coefficient (Wildman–Crippen LogP) is 3.36. The number of nitrogens with one attached hydrogen (secondary N) is 1. The van der Waals surface area contributed by atoms with Crippen LogP contribution in [0.25, 0.3) is 0 Å². The zero-order chi connectivity index (χ0) is 12.2. The summed E-state index contributed by atoms with van der Waals surface area (Å²) in [6.45, 7) is 3.24. The van der Waals surface area contributed by atoms with Crippen molar-refractivity contribution in [1.29, 1.82) is 0 Å². The van der Waals surface area contributed by atoms with Crippen LogP contribution in [0.15, 0.2) is 36.0 Å². The van der Waals surface area contributed by atoms with E-state index < -0.39 is 0 Å². The first-order valence-electron chi connectivity index (χ1n) is 6.38. The van der Waals surface area contributed by atoms with E-state index in [-0.39, 0.29) is 0 Å². The van der Waals surface area contributed by atoms with Gasteiger partial charge in [-0.25, -0.2) is 0 Å². The van der Waals surface area contributed by atoms with Crippen LogP contribution in [0, 0.1) is 0 Å². The van der Waals surface area contributed by atoms with Gasteiger partial charge in [-0.1, -0.05) is 6.07 Å². The van der Waals surface area contributed by atoms with Crippen LogP contribution < -0.4 is 10.2 Å². The van der Waals surface area contributed by atoms with Gasteiger partial charge in [0.25, 0.3) is 0 Å². The molecule has 1 aliphatic heterocycles. The van der Waals surface area contributed by atoms with Crippen LogP contribution in [0.1, 0.15) is 17.7 Å². The van der Waals surface area contributed by atoms with E-state index >= 15 is 0 Å². The summed E-state index contributed by atoms with van der Waals surface area (Å²) in [5.74, 6) is 0. The maximum atomic E-state index is 4.09. The third-order valence-electron chi connectivity index (χ3n) is 3.27. The number of hydrogen-bond acceptors (Lipinski definition) is 4. The highest BCUT2D eigenvalue weighted by Crippen LogP contribution is 2.23. The van der Waals surface area contributed by atoms with E-state index in [9.17, 15) is 0 Å². The van der Waals surface area contributed by atoms with Crippen LogP contribution in [0.3, 0.4) is 0 Å². The fraction of sp³-hybridized carbons (Fsp3) is 0.357. The minimum Gasteiger partial charge on any atom is -0.380 e. The lowest BCUT2D eigenvalue weighted by molar-refractivity contribution is 0.949. The smallest absolute Gasteiger partial charge is 0.0794 e. The van der Waals surface area contributed by atoms with Crippen molar-refractivity contribution in [3.05, 3.63) is 40.8 Å². The zero-order valence-electron chi connectivity index (χ0n) is 10.3. The van der Waals surface area contributed by atoms with Gasteiger partial charge in [0.2, 0.25) is 0 Å². The molecule has 0 radical (unpaired) electrons. The van der Waals surface area contributed by atoms with Gasteiger partial charge >= 0.3 is 0 Å². The molecule has 4 heteroatoms. The van der Waals surface area contributed by atoms with E-state index in [1.54, 1.807) is 11.3 Å². The second-order valence-electron chi connectivity index (χ2n) is 4.57. The molecule has 3 nitrogen and oxygen atoms in total. The number of thiazole rings is 1. The normalized spacial score (nSPS) is 15.0. The van der Waals surface area contributed by atoms with Gasteiger partial charge in [-0.3, -0.25) is 4.98 Å². The Morgan fingerprint density at radius 2 is 2.17 bits per heavy atom. The summed E-state index contributed by atoms with van der Waals surface area (Å²) in [6.07, 6.45) is 4.55. The second kappa shape index (κ2) is 5.40. The van der Waals surface area contributed by atoms with Gasteiger partial charge in [-0.2, -0.15) is 0 Å². The first-order chi connectivity index (χ1) is 8.92. The molecule has 0 amide bonds. The van der Waals surface area contributed by atoms with Gasteiger partial charge in [0.1, 0.15) is 0 Å². The van der Waals surface area contributed by atoms with E-state index in [0.717, 1.165) is 6.54 Å². The minimum absolute atomic E-state index is 0.855. The fourth-order valence-corrected chi connectivity index (χ4v) is 2.84. The molecular formula is C14H17N3S. The molecule has 2 heterocycles. The summed E-state index contributed by atoms with van der Waals surface area (Å²) >= 11 is 1.69. The number of aromatic nitrogens is 1. The van der Waals surface area contributed by atoms with Crippen LogP contribution in [-0.4, -0.2) is 18.1 Å². The van der Waals surface area contributed by atoms with Crippen LogP contribution >= 0.6 is 11.3 Å². The zero-order valence-corrected chi connectivity index (χ0v) is 11.1. The molecule has 3 rings (SSSR count). The van der Waals surface area contributed by atoms with Crippen molar-refractivity contribution in [3.8, 4) is 0 Å². The van der Waals surface area contributed by atoms with Crippen LogP contribution in [-0.2, 0) is 6.54 Å². The average molecular weight is 259 g/mol. The van der Waals surface area contributed by atoms with Gasteiger partial charge in [-0.05, 0) is 31.0 Å². The van der Waals surface area contributed by atoms with Gasteiger partial charge in [0.15, 0.2) is 0 Å². The second-order valence-corrected chi connectivity index (χ2v) is 5.54. The van der Waals surface area contributed by atoms with Crippen molar-refractivity contribution in [1.82, 2.24) is 4.98 Å². The van der Waals surface area contributed by atoms with Gasteiger partial charge in [0, 0.05) is 35.5 Å². The van der Waals surface area contributed by atoms with Crippen LogP contribution in [0.5, 0.6) is 0 Å². The topological polar surface area (TPSA) is 28.2 Å². The monoisotopic (exact) mass is 259 g/mol. The molecule has 18 heavy (non-hydrogen) atoms. The Kier molecular flexibility index (Phi) is 3.46. The molecule has 1 fully saturated rings. The molecule has 0 spiro atoms. The number of anilines is 2. The Balaban J connectivity index is 1.66. The Hall–Kier alpha value is -1.55. The highest BCUT2D eigenvalue weighted by molar-refractivity contribution is 7.09. The maximum absolute atomic E-state index is 4.09. The van der Waals surface area contributed by atoms with Crippen molar-refractivity contribution in [2.24, 2.45) is 0 Å². The van der Waals surface area contributed by atoms with Crippen LogP contribution in [0.2, 0.25) is 0 Å². The van der Waals surface area contributed by atoms with Crippen molar-refractivity contribution < 1.29 is 0 Å². The molecule has 1 N–H and O–H groups in total. The lowest BCUT2D eigenvalue weighted by atomic mass is 10.2. The fourth-order valence-electron chi connectivity index (χ4n) is 2.31. The predicted molar refractivity (Wildman–Crippen MR) is 77.3 cm³/mol. The van der Waals surface area contributed by atoms with E-state index in [1.165, 1.54) is 42.2 Å². The van der Waals surface area contributed by atoms with Crippen molar-refractivity contribution in [2.75, 3.05) is 23.3 Å². The first-order valence-corrected chi connectivity index (χ1v) is 7.26. The number of nitrogens with zero attached hydrogens (tertiary/aromatic N) is 2. The van der Waals surface area contributed by atoms with E-state index in [0.29, 0.717) is 0 Å². The van der Waals surface area contributed by atoms with Crippen molar-refractivity contribution in [2.45, 2.75) is 19.4 Å². The average Bonchev–Trinajstić information content (AvgIpc) is 3.10. The van der Waals surface area contributed by atoms with Crippen molar-refractivity contribution >= 4 is 22.7 Å². The molecular weight excluding hydrogens is 242 g/mol. The maximum Gasteiger partial charge on any atom is 0.0794 e. The largest absolute Gasteiger partial charge is 0.380 e. The molecule has 0 unspecified atom stereocenters. The van der Waals surface area contributed by atoms with Gasteiger partial charge in [-0.15, -0.1) is 11.3 Å². The highest BCUT2D eigenvalue weighted by Gasteiger charge is 2.12. The summed E-state index contributed by atoms with van der Waals surface area (Å²) in [5, 5.41) is 3.45.